The van der Waals surface area contributed by atoms with Crippen LogP contribution in [0.15, 0.2) is 18.2 Å². The predicted octanol–water partition coefficient (Wildman–Crippen LogP) is 1.76. The van der Waals surface area contributed by atoms with Gasteiger partial charge in [0.05, 0.1) is 16.9 Å². The maximum absolute atomic E-state index is 12.5. The van der Waals surface area contributed by atoms with Crippen LogP contribution in [0.1, 0.15) is 34.6 Å². The van der Waals surface area contributed by atoms with E-state index in [-0.39, 0.29) is 53.3 Å². The van der Waals surface area contributed by atoms with Crippen molar-refractivity contribution < 1.29 is 24.0 Å². The average Bonchev–Trinajstić information content (AvgIpc) is 3.07. The van der Waals surface area contributed by atoms with E-state index in [9.17, 15) is 24.0 Å². The Balaban J connectivity index is 1.57. The van der Waals surface area contributed by atoms with E-state index < -0.39 is 6.03 Å². The third kappa shape index (κ3) is 4.01. The molecular formula is C18H20N4O5S. The number of hydrogen-bond acceptors (Lipinski definition) is 6. The monoisotopic (exact) mass is 404 g/mol. The minimum absolute atomic E-state index is 0.0967. The summed E-state index contributed by atoms with van der Waals surface area (Å²) in [6.45, 7) is 4.38. The summed E-state index contributed by atoms with van der Waals surface area (Å²) in [4.78, 5) is 62.1. The molecule has 1 saturated heterocycles. The van der Waals surface area contributed by atoms with Gasteiger partial charge in [-0.3, -0.25) is 29.0 Å². The van der Waals surface area contributed by atoms with Crippen molar-refractivity contribution in [2.24, 2.45) is 5.92 Å². The lowest BCUT2D eigenvalue weighted by molar-refractivity contribution is -0.124. The fourth-order valence-electron chi connectivity index (χ4n) is 2.95. The molecule has 3 rings (SSSR count). The molecule has 1 fully saturated rings. The first kappa shape index (κ1) is 19.9. The zero-order valence-electron chi connectivity index (χ0n) is 15.5. The molecule has 2 aliphatic heterocycles. The zero-order chi connectivity index (χ0) is 20.4. The van der Waals surface area contributed by atoms with Gasteiger partial charge in [-0.25, -0.2) is 4.79 Å². The molecule has 0 radical (unpaired) electrons. The van der Waals surface area contributed by atoms with Gasteiger partial charge in [-0.1, -0.05) is 25.6 Å². The van der Waals surface area contributed by atoms with Crippen LogP contribution >= 0.6 is 11.8 Å². The van der Waals surface area contributed by atoms with Gasteiger partial charge < -0.3 is 10.6 Å². The second-order valence-electron chi connectivity index (χ2n) is 6.86. The molecule has 1 aromatic rings. The molecule has 0 atom stereocenters. The van der Waals surface area contributed by atoms with Crippen LogP contribution in [0.2, 0.25) is 0 Å². The fraction of sp³-hybridized carbons (Fsp3) is 0.389. The smallest absolute Gasteiger partial charge is 0.319 e. The van der Waals surface area contributed by atoms with Crippen molar-refractivity contribution in [2.75, 3.05) is 30.7 Å². The molecule has 0 aliphatic carbocycles. The van der Waals surface area contributed by atoms with Crippen molar-refractivity contribution in [3.63, 3.8) is 0 Å². The van der Waals surface area contributed by atoms with E-state index in [1.807, 2.05) is 13.8 Å². The van der Waals surface area contributed by atoms with Crippen molar-refractivity contribution in [2.45, 2.75) is 13.8 Å². The first-order valence-electron chi connectivity index (χ1n) is 8.80. The Morgan fingerprint density at radius 3 is 2.46 bits per heavy atom. The first-order chi connectivity index (χ1) is 13.3. The number of benzene rings is 1. The summed E-state index contributed by atoms with van der Waals surface area (Å²) in [5.74, 6) is -0.701. The molecule has 0 spiro atoms. The summed E-state index contributed by atoms with van der Waals surface area (Å²) in [5, 5.41) is 4.82. The Kier molecular flexibility index (Phi) is 5.68. The van der Waals surface area contributed by atoms with Crippen LogP contribution in [0.4, 0.5) is 15.3 Å². The molecule has 2 aliphatic rings. The summed E-state index contributed by atoms with van der Waals surface area (Å²) in [6, 6.07) is 4.00. The summed E-state index contributed by atoms with van der Waals surface area (Å²) in [7, 11) is 0. The summed E-state index contributed by atoms with van der Waals surface area (Å²) in [5.41, 5.74) is 0.946. The van der Waals surface area contributed by atoms with E-state index in [2.05, 4.69) is 10.6 Å². The molecule has 2 N–H and O–H groups in total. The maximum atomic E-state index is 12.5. The first-order valence-corrected chi connectivity index (χ1v) is 9.78. The number of nitrogens with one attached hydrogen (secondary N) is 2. The standard InChI is InChI=1S/C18H20N4O5S/c1-10(2)8-22-15(24)12-4-3-11(7-13(12)16(22)25)20-17(26)19-5-6-21-14(23)9-28-18(21)27/h3-4,7,10H,5-6,8-9H2,1-2H3,(H2,19,20,26). The van der Waals surface area contributed by atoms with Crippen LogP contribution in [-0.4, -0.2) is 64.2 Å². The van der Waals surface area contributed by atoms with Crippen LogP contribution in [0.5, 0.6) is 0 Å². The highest BCUT2D eigenvalue weighted by Gasteiger charge is 2.36. The summed E-state index contributed by atoms with van der Waals surface area (Å²) in [6.07, 6.45) is 0. The Bertz CT molecular complexity index is 854. The Hall–Kier alpha value is -2.88. The normalized spacial score (nSPS) is 16.2. The molecule has 0 saturated carbocycles. The van der Waals surface area contributed by atoms with Gasteiger partial charge >= 0.3 is 6.03 Å². The van der Waals surface area contributed by atoms with E-state index in [0.29, 0.717) is 17.8 Å². The number of imide groups is 2. The van der Waals surface area contributed by atoms with Gasteiger partial charge in [0.25, 0.3) is 17.1 Å². The number of nitrogens with zero attached hydrogens (tertiary/aromatic N) is 2. The minimum atomic E-state index is -0.539. The maximum Gasteiger partial charge on any atom is 0.319 e. The number of carbonyl (C=O) groups is 5. The molecule has 2 heterocycles. The fourth-order valence-corrected chi connectivity index (χ4v) is 3.70. The van der Waals surface area contributed by atoms with Crippen LogP contribution in [0.25, 0.3) is 0 Å². The van der Waals surface area contributed by atoms with Crippen LogP contribution in [0.3, 0.4) is 0 Å². The molecule has 0 aromatic heterocycles. The van der Waals surface area contributed by atoms with Gasteiger partial charge in [0.15, 0.2) is 0 Å². The van der Waals surface area contributed by atoms with E-state index in [1.165, 1.54) is 17.0 Å². The number of carbonyl (C=O) groups excluding carboxylic acids is 5. The van der Waals surface area contributed by atoms with Gasteiger partial charge in [0.1, 0.15) is 0 Å². The number of urea groups is 1. The third-order valence-corrected chi connectivity index (χ3v) is 5.10. The number of rotatable bonds is 6. The second-order valence-corrected chi connectivity index (χ2v) is 7.78. The number of fused-ring (bicyclic) bond motifs is 1. The van der Waals surface area contributed by atoms with Crippen molar-refractivity contribution in [3.05, 3.63) is 29.3 Å². The Morgan fingerprint density at radius 2 is 1.82 bits per heavy atom. The highest BCUT2D eigenvalue weighted by Crippen LogP contribution is 2.26. The second kappa shape index (κ2) is 8.01. The van der Waals surface area contributed by atoms with Crippen LogP contribution in [0, 0.1) is 5.92 Å². The van der Waals surface area contributed by atoms with Gasteiger partial charge in [-0.05, 0) is 24.1 Å². The van der Waals surface area contributed by atoms with Gasteiger partial charge in [-0.2, -0.15) is 0 Å². The van der Waals surface area contributed by atoms with Crippen LogP contribution in [-0.2, 0) is 4.79 Å². The molecule has 28 heavy (non-hydrogen) atoms. The molecule has 148 valence electrons. The molecule has 6 amide bonds. The topological polar surface area (TPSA) is 116 Å². The lowest BCUT2D eigenvalue weighted by Crippen LogP contribution is -2.39. The highest BCUT2D eigenvalue weighted by molar-refractivity contribution is 8.14. The highest BCUT2D eigenvalue weighted by atomic mass is 32.2. The number of hydrogen-bond donors (Lipinski definition) is 2. The quantitative estimate of drug-likeness (QED) is 0.698. The lowest BCUT2D eigenvalue weighted by atomic mass is 10.1. The number of thioether (sulfide) groups is 1. The van der Waals surface area contributed by atoms with Crippen molar-refractivity contribution >= 4 is 46.4 Å². The molecule has 1 aromatic carbocycles. The predicted molar refractivity (Wildman–Crippen MR) is 103 cm³/mol. The summed E-state index contributed by atoms with van der Waals surface area (Å²) >= 11 is 0.936. The van der Waals surface area contributed by atoms with E-state index >= 15 is 0 Å². The molecule has 0 unspecified atom stereocenters. The van der Waals surface area contributed by atoms with E-state index in [4.69, 9.17) is 0 Å². The SMILES string of the molecule is CC(C)CN1C(=O)c2ccc(NC(=O)NCCN3C(=O)CSC3=O)cc2C1=O. The van der Waals surface area contributed by atoms with Crippen molar-refractivity contribution in [1.29, 1.82) is 0 Å². The minimum Gasteiger partial charge on any atom is -0.336 e. The number of amides is 6. The Morgan fingerprint density at radius 1 is 1.11 bits per heavy atom. The zero-order valence-corrected chi connectivity index (χ0v) is 16.3. The van der Waals surface area contributed by atoms with E-state index in [0.717, 1.165) is 16.7 Å². The van der Waals surface area contributed by atoms with E-state index in [1.54, 1.807) is 6.07 Å². The molecule has 0 bridgehead atoms. The number of anilines is 1. The van der Waals surface area contributed by atoms with Crippen molar-refractivity contribution in [3.8, 4) is 0 Å². The largest absolute Gasteiger partial charge is 0.336 e. The van der Waals surface area contributed by atoms with Crippen molar-refractivity contribution in [1.82, 2.24) is 15.1 Å². The van der Waals surface area contributed by atoms with Gasteiger partial charge in [0.2, 0.25) is 5.91 Å². The lowest BCUT2D eigenvalue weighted by Gasteiger charge is -2.15. The van der Waals surface area contributed by atoms with Gasteiger partial charge in [0, 0.05) is 25.3 Å². The average molecular weight is 404 g/mol. The summed E-state index contributed by atoms with van der Waals surface area (Å²) < 4.78 is 0. The van der Waals surface area contributed by atoms with Gasteiger partial charge in [-0.15, -0.1) is 0 Å². The Labute approximate surface area is 165 Å². The molecule has 9 nitrogen and oxygen atoms in total. The molecular weight excluding hydrogens is 384 g/mol. The molecule has 10 heteroatoms. The van der Waals surface area contributed by atoms with Crippen LogP contribution < -0.4 is 10.6 Å². The third-order valence-electron chi connectivity index (χ3n) is 4.24.